The first kappa shape index (κ1) is 8.71. The molecule has 0 aliphatic heterocycles. The summed E-state index contributed by atoms with van der Waals surface area (Å²) in [5.41, 5.74) is 0.707. The van der Waals surface area contributed by atoms with Crippen LogP contribution in [0.5, 0.6) is 5.75 Å². The van der Waals surface area contributed by atoms with Gasteiger partial charge in [-0.1, -0.05) is 0 Å². The molecule has 0 N–H and O–H groups in total. The van der Waals surface area contributed by atoms with Crippen LogP contribution >= 0.6 is 0 Å². The maximum absolute atomic E-state index is 12.9. The lowest BCUT2D eigenvalue weighted by molar-refractivity contribution is 0.112. The van der Waals surface area contributed by atoms with E-state index in [1.807, 2.05) is 0 Å². The Hall–Kier alpha value is -1.38. The molecular formula is C9H9FO2. The zero-order valence-corrected chi connectivity index (χ0v) is 6.93. The van der Waals surface area contributed by atoms with E-state index in [4.69, 9.17) is 4.74 Å². The van der Waals surface area contributed by atoms with Gasteiger partial charge in [-0.05, 0) is 24.6 Å². The van der Waals surface area contributed by atoms with E-state index in [-0.39, 0.29) is 5.56 Å². The van der Waals surface area contributed by atoms with Crippen LogP contribution in [0, 0.1) is 12.7 Å². The van der Waals surface area contributed by atoms with Crippen molar-refractivity contribution in [2.75, 3.05) is 7.11 Å². The van der Waals surface area contributed by atoms with Crippen molar-refractivity contribution < 1.29 is 13.9 Å². The van der Waals surface area contributed by atoms with E-state index >= 15 is 0 Å². The van der Waals surface area contributed by atoms with Crippen LogP contribution in [0.2, 0.25) is 0 Å². The van der Waals surface area contributed by atoms with Gasteiger partial charge < -0.3 is 4.74 Å². The Bertz CT molecular complexity index is 308. The van der Waals surface area contributed by atoms with Gasteiger partial charge in [0.05, 0.1) is 12.7 Å². The van der Waals surface area contributed by atoms with Gasteiger partial charge in [0.2, 0.25) is 0 Å². The van der Waals surface area contributed by atoms with Gasteiger partial charge in [-0.15, -0.1) is 0 Å². The number of rotatable bonds is 2. The molecule has 0 bridgehead atoms. The number of aryl methyl sites for hydroxylation is 1. The second-order valence-electron chi connectivity index (χ2n) is 2.46. The first-order valence-electron chi connectivity index (χ1n) is 3.48. The number of carbonyl (C=O) groups excluding carboxylic acids is 1. The molecule has 1 aromatic rings. The number of hydrogen-bond acceptors (Lipinski definition) is 2. The second-order valence-corrected chi connectivity index (χ2v) is 2.46. The molecule has 12 heavy (non-hydrogen) atoms. The molecule has 0 saturated heterocycles. The molecular weight excluding hydrogens is 159 g/mol. The Morgan fingerprint density at radius 1 is 1.50 bits per heavy atom. The summed E-state index contributed by atoms with van der Waals surface area (Å²) in [6.07, 6.45) is 0.571. The maximum atomic E-state index is 12.9. The fourth-order valence-corrected chi connectivity index (χ4v) is 0.939. The van der Waals surface area contributed by atoms with Crippen LogP contribution in [0.1, 0.15) is 15.9 Å². The molecule has 0 unspecified atom stereocenters. The first-order valence-corrected chi connectivity index (χ1v) is 3.48. The van der Waals surface area contributed by atoms with Crippen LogP contribution < -0.4 is 4.74 Å². The van der Waals surface area contributed by atoms with E-state index in [9.17, 15) is 9.18 Å². The minimum absolute atomic E-state index is 0.237. The average molecular weight is 168 g/mol. The minimum atomic E-state index is -0.391. The van der Waals surface area contributed by atoms with Crippen LogP contribution in [0.15, 0.2) is 12.1 Å². The smallest absolute Gasteiger partial charge is 0.153 e. The highest BCUT2D eigenvalue weighted by atomic mass is 19.1. The van der Waals surface area contributed by atoms with Crippen LogP contribution in [0.3, 0.4) is 0 Å². The first-order chi connectivity index (χ1) is 5.69. The molecule has 2 nitrogen and oxygen atoms in total. The average Bonchev–Trinajstić information content (AvgIpc) is 2.09. The summed E-state index contributed by atoms with van der Waals surface area (Å²) in [5, 5.41) is 0. The third kappa shape index (κ3) is 1.44. The van der Waals surface area contributed by atoms with Crippen molar-refractivity contribution in [3.63, 3.8) is 0 Å². The highest BCUT2D eigenvalue weighted by molar-refractivity contribution is 5.79. The summed E-state index contributed by atoms with van der Waals surface area (Å²) >= 11 is 0. The van der Waals surface area contributed by atoms with Gasteiger partial charge in [0.15, 0.2) is 6.29 Å². The quantitative estimate of drug-likeness (QED) is 0.631. The Kier molecular flexibility index (Phi) is 2.43. The molecule has 0 heterocycles. The molecule has 0 aromatic heterocycles. The summed E-state index contributed by atoms with van der Waals surface area (Å²) < 4.78 is 17.7. The lowest BCUT2D eigenvalue weighted by Crippen LogP contribution is -1.93. The van der Waals surface area contributed by atoms with Crippen LogP contribution in [-0.2, 0) is 0 Å². The van der Waals surface area contributed by atoms with E-state index in [0.717, 1.165) is 0 Å². The van der Waals surface area contributed by atoms with Crippen molar-refractivity contribution >= 4 is 6.29 Å². The Morgan fingerprint density at radius 3 is 2.67 bits per heavy atom. The molecule has 0 fully saturated rings. The van der Waals surface area contributed by atoms with Gasteiger partial charge in [-0.25, -0.2) is 4.39 Å². The molecule has 0 atom stereocenters. The van der Waals surface area contributed by atoms with E-state index in [0.29, 0.717) is 17.6 Å². The third-order valence-electron chi connectivity index (χ3n) is 1.64. The van der Waals surface area contributed by atoms with E-state index < -0.39 is 5.82 Å². The van der Waals surface area contributed by atoms with Crippen molar-refractivity contribution in [2.24, 2.45) is 0 Å². The van der Waals surface area contributed by atoms with Gasteiger partial charge in [-0.2, -0.15) is 0 Å². The fourth-order valence-electron chi connectivity index (χ4n) is 0.939. The standard InChI is InChI=1S/C9H9FO2/c1-6-3-9(12-2)7(5-11)4-8(6)10/h3-5H,1-2H3. The Labute approximate surface area is 70.0 Å². The molecule has 0 saturated carbocycles. The van der Waals surface area contributed by atoms with Gasteiger partial charge in [-0.3, -0.25) is 4.79 Å². The van der Waals surface area contributed by atoms with Crippen LogP contribution in [-0.4, -0.2) is 13.4 Å². The number of ether oxygens (including phenoxy) is 1. The van der Waals surface area contributed by atoms with Gasteiger partial charge in [0.1, 0.15) is 11.6 Å². The van der Waals surface area contributed by atoms with E-state index in [1.54, 1.807) is 6.92 Å². The monoisotopic (exact) mass is 168 g/mol. The van der Waals surface area contributed by atoms with Crippen molar-refractivity contribution in [3.05, 3.63) is 29.1 Å². The lowest BCUT2D eigenvalue weighted by Gasteiger charge is -2.04. The molecule has 0 aliphatic rings. The third-order valence-corrected chi connectivity index (χ3v) is 1.64. The summed E-state index contributed by atoms with van der Waals surface area (Å²) in [7, 11) is 1.44. The summed E-state index contributed by atoms with van der Waals surface area (Å²) in [4.78, 5) is 10.4. The SMILES string of the molecule is COc1cc(C)c(F)cc1C=O. The zero-order chi connectivity index (χ0) is 9.14. The molecule has 1 rings (SSSR count). The molecule has 1 aromatic carbocycles. The highest BCUT2D eigenvalue weighted by Crippen LogP contribution is 2.20. The molecule has 0 radical (unpaired) electrons. The number of hydrogen-bond donors (Lipinski definition) is 0. The summed E-state index contributed by atoms with van der Waals surface area (Å²) in [6.45, 7) is 1.62. The van der Waals surface area contributed by atoms with Crippen LogP contribution in [0.4, 0.5) is 4.39 Å². The second kappa shape index (κ2) is 3.34. The van der Waals surface area contributed by atoms with Gasteiger partial charge in [0, 0.05) is 0 Å². The molecule has 0 aliphatic carbocycles. The Morgan fingerprint density at radius 2 is 2.17 bits per heavy atom. The predicted octanol–water partition coefficient (Wildman–Crippen LogP) is 1.96. The molecule has 64 valence electrons. The van der Waals surface area contributed by atoms with Crippen molar-refractivity contribution in [3.8, 4) is 5.75 Å². The molecule has 0 spiro atoms. The minimum Gasteiger partial charge on any atom is -0.496 e. The number of methoxy groups -OCH3 is 1. The van der Waals surface area contributed by atoms with Crippen molar-refractivity contribution in [2.45, 2.75) is 6.92 Å². The Balaban J connectivity index is 3.28. The number of halogens is 1. The fraction of sp³-hybridized carbons (Fsp3) is 0.222. The maximum Gasteiger partial charge on any atom is 0.153 e. The zero-order valence-electron chi connectivity index (χ0n) is 6.93. The summed E-state index contributed by atoms with van der Waals surface area (Å²) in [6, 6.07) is 2.67. The predicted molar refractivity (Wildman–Crippen MR) is 43.1 cm³/mol. The lowest BCUT2D eigenvalue weighted by atomic mass is 10.1. The normalized spacial score (nSPS) is 9.58. The molecule has 0 amide bonds. The summed E-state index contributed by atoms with van der Waals surface area (Å²) in [5.74, 6) is 0.0156. The number of aldehydes is 1. The van der Waals surface area contributed by atoms with Gasteiger partial charge in [0.25, 0.3) is 0 Å². The van der Waals surface area contributed by atoms with Crippen molar-refractivity contribution in [1.82, 2.24) is 0 Å². The topological polar surface area (TPSA) is 26.3 Å². The highest BCUT2D eigenvalue weighted by Gasteiger charge is 2.05. The van der Waals surface area contributed by atoms with Gasteiger partial charge >= 0.3 is 0 Å². The van der Waals surface area contributed by atoms with Crippen molar-refractivity contribution in [1.29, 1.82) is 0 Å². The van der Waals surface area contributed by atoms with Crippen LogP contribution in [0.25, 0.3) is 0 Å². The number of carbonyl (C=O) groups is 1. The molecule has 3 heteroatoms. The number of benzene rings is 1. The van der Waals surface area contributed by atoms with E-state index in [1.165, 1.54) is 19.2 Å². The van der Waals surface area contributed by atoms with E-state index in [2.05, 4.69) is 0 Å². The largest absolute Gasteiger partial charge is 0.496 e.